The van der Waals surface area contributed by atoms with E-state index in [1.165, 1.54) is 6.39 Å². The third-order valence-corrected chi connectivity index (χ3v) is 2.54. The van der Waals surface area contributed by atoms with E-state index in [0.29, 0.717) is 12.1 Å². The summed E-state index contributed by atoms with van der Waals surface area (Å²) in [6, 6.07) is 0.551. The molecule has 0 spiro atoms. The molecule has 2 heterocycles. The van der Waals surface area contributed by atoms with Crippen LogP contribution in [-0.2, 0) is 11.3 Å². The fourth-order valence-corrected chi connectivity index (χ4v) is 1.76. The third kappa shape index (κ3) is 2.56. The van der Waals surface area contributed by atoms with Crippen LogP contribution in [0.4, 0.5) is 0 Å². The van der Waals surface area contributed by atoms with Crippen LogP contribution < -0.4 is 5.32 Å². The lowest BCUT2D eigenvalue weighted by Gasteiger charge is -2.27. The van der Waals surface area contributed by atoms with Gasteiger partial charge in [-0.05, 0) is 19.8 Å². The molecule has 1 aliphatic heterocycles. The molecule has 2 unspecified atom stereocenters. The van der Waals surface area contributed by atoms with Crippen molar-refractivity contribution in [2.24, 2.45) is 0 Å². The second-order valence-corrected chi connectivity index (χ2v) is 3.76. The molecule has 1 aromatic heterocycles. The highest BCUT2D eigenvalue weighted by atomic mass is 16.5. The fourth-order valence-electron chi connectivity index (χ4n) is 1.76. The first-order valence-corrected chi connectivity index (χ1v) is 5.06. The maximum Gasteiger partial charge on any atom is 0.180 e. The molecule has 2 atom stereocenters. The molecule has 2 rings (SSSR count). The van der Waals surface area contributed by atoms with Gasteiger partial charge in [0.25, 0.3) is 0 Å². The van der Waals surface area contributed by atoms with Crippen molar-refractivity contribution >= 4 is 0 Å². The van der Waals surface area contributed by atoms with Crippen molar-refractivity contribution in [3.05, 3.63) is 18.4 Å². The van der Waals surface area contributed by atoms with Crippen LogP contribution in [0.15, 0.2) is 17.1 Å². The summed E-state index contributed by atoms with van der Waals surface area (Å²) in [4.78, 5) is 4.06. The van der Waals surface area contributed by atoms with Gasteiger partial charge in [-0.2, -0.15) is 0 Å². The number of hydrogen-bond donors (Lipinski definition) is 1. The molecule has 4 heteroatoms. The minimum atomic E-state index is 0.374. The second kappa shape index (κ2) is 4.57. The predicted octanol–water partition coefficient (Wildman–Crippen LogP) is 1.33. The summed E-state index contributed by atoms with van der Waals surface area (Å²) in [5.74, 6) is 0. The quantitative estimate of drug-likeness (QED) is 0.792. The van der Waals surface area contributed by atoms with E-state index in [9.17, 15) is 0 Å². The lowest BCUT2D eigenvalue weighted by atomic mass is 10.0. The Morgan fingerprint density at radius 2 is 2.57 bits per heavy atom. The summed E-state index contributed by atoms with van der Waals surface area (Å²) in [6.07, 6.45) is 5.68. The Bertz CT molecular complexity index is 261. The van der Waals surface area contributed by atoms with Crippen LogP contribution in [-0.4, -0.2) is 23.7 Å². The summed E-state index contributed by atoms with van der Waals surface area (Å²) < 4.78 is 10.4. The Morgan fingerprint density at radius 3 is 3.29 bits per heavy atom. The van der Waals surface area contributed by atoms with E-state index in [-0.39, 0.29) is 0 Å². The van der Waals surface area contributed by atoms with Crippen LogP contribution in [0, 0.1) is 0 Å². The van der Waals surface area contributed by atoms with E-state index in [1.54, 1.807) is 6.26 Å². The summed E-state index contributed by atoms with van der Waals surface area (Å²) in [6.45, 7) is 3.76. The van der Waals surface area contributed by atoms with Crippen molar-refractivity contribution in [3.8, 4) is 0 Å². The van der Waals surface area contributed by atoms with Gasteiger partial charge in [-0.3, -0.25) is 0 Å². The Kier molecular flexibility index (Phi) is 3.16. The van der Waals surface area contributed by atoms with Crippen molar-refractivity contribution in [2.45, 2.75) is 38.5 Å². The van der Waals surface area contributed by atoms with Crippen molar-refractivity contribution in [3.63, 3.8) is 0 Å². The largest absolute Gasteiger partial charge is 0.451 e. The zero-order valence-corrected chi connectivity index (χ0v) is 8.40. The second-order valence-electron chi connectivity index (χ2n) is 3.76. The van der Waals surface area contributed by atoms with Gasteiger partial charge in [-0.1, -0.05) is 0 Å². The molecule has 4 nitrogen and oxygen atoms in total. The van der Waals surface area contributed by atoms with Crippen LogP contribution in [0.3, 0.4) is 0 Å². The van der Waals surface area contributed by atoms with Crippen LogP contribution in [0.5, 0.6) is 0 Å². The molecule has 14 heavy (non-hydrogen) atoms. The summed E-state index contributed by atoms with van der Waals surface area (Å²) >= 11 is 0. The lowest BCUT2D eigenvalue weighted by Crippen LogP contribution is -2.37. The molecule has 0 aromatic carbocycles. The van der Waals surface area contributed by atoms with E-state index in [1.807, 2.05) is 0 Å². The average Bonchev–Trinajstić information content (AvgIpc) is 2.67. The molecular formula is C10H16N2O2. The van der Waals surface area contributed by atoms with E-state index >= 15 is 0 Å². The topological polar surface area (TPSA) is 47.3 Å². The van der Waals surface area contributed by atoms with Gasteiger partial charge in [0.1, 0.15) is 6.26 Å². The van der Waals surface area contributed by atoms with Gasteiger partial charge in [0.15, 0.2) is 6.39 Å². The molecule has 0 aliphatic carbocycles. The summed E-state index contributed by atoms with van der Waals surface area (Å²) in [5.41, 5.74) is 0.962. The highest BCUT2D eigenvalue weighted by Gasteiger charge is 2.18. The number of hydrogen-bond acceptors (Lipinski definition) is 4. The van der Waals surface area contributed by atoms with Crippen LogP contribution in [0.2, 0.25) is 0 Å². The molecule has 78 valence electrons. The fraction of sp³-hybridized carbons (Fsp3) is 0.700. The number of ether oxygens (including phenoxy) is 1. The van der Waals surface area contributed by atoms with Crippen molar-refractivity contribution in [2.75, 3.05) is 6.61 Å². The first kappa shape index (κ1) is 9.68. The van der Waals surface area contributed by atoms with Crippen molar-refractivity contribution in [1.29, 1.82) is 0 Å². The van der Waals surface area contributed by atoms with Crippen LogP contribution in [0.1, 0.15) is 25.5 Å². The summed E-state index contributed by atoms with van der Waals surface area (Å²) in [5, 5.41) is 3.45. The SMILES string of the molecule is CC1CC(NCc2cocn2)CCO1. The lowest BCUT2D eigenvalue weighted by molar-refractivity contribution is 0.0130. The minimum Gasteiger partial charge on any atom is -0.451 e. The number of rotatable bonds is 3. The number of nitrogens with zero attached hydrogens (tertiary/aromatic N) is 1. The van der Waals surface area contributed by atoms with E-state index in [0.717, 1.165) is 31.7 Å². The highest BCUT2D eigenvalue weighted by molar-refractivity contribution is 4.91. The smallest absolute Gasteiger partial charge is 0.180 e. The predicted molar refractivity (Wildman–Crippen MR) is 51.8 cm³/mol. The summed E-state index contributed by atoms with van der Waals surface area (Å²) in [7, 11) is 0. The normalized spacial score (nSPS) is 27.8. The van der Waals surface area contributed by atoms with Crippen LogP contribution >= 0.6 is 0 Å². The zero-order valence-electron chi connectivity index (χ0n) is 8.40. The van der Waals surface area contributed by atoms with Gasteiger partial charge in [-0.25, -0.2) is 4.98 Å². The number of aromatic nitrogens is 1. The Labute approximate surface area is 83.7 Å². The molecule has 1 aliphatic rings. The third-order valence-electron chi connectivity index (χ3n) is 2.54. The Balaban J connectivity index is 1.75. The van der Waals surface area contributed by atoms with Gasteiger partial charge in [0.2, 0.25) is 0 Å². The van der Waals surface area contributed by atoms with Gasteiger partial charge in [0, 0.05) is 19.2 Å². The standard InChI is InChI=1S/C10H16N2O2/c1-8-4-9(2-3-14-8)11-5-10-6-13-7-12-10/h6-9,11H,2-5H2,1H3. The molecule has 1 saturated heterocycles. The molecule has 1 fully saturated rings. The molecule has 0 radical (unpaired) electrons. The monoisotopic (exact) mass is 196 g/mol. The Morgan fingerprint density at radius 1 is 1.64 bits per heavy atom. The van der Waals surface area contributed by atoms with Crippen molar-refractivity contribution in [1.82, 2.24) is 10.3 Å². The van der Waals surface area contributed by atoms with Crippen molar-refractivity contribution < 1.29 is 9.15 Å². The van der Waals surface area contributed by atoms with Gasteiger partial charge < -0.3 is 14.5 Å². The van der Waals surface area contributed by atoms with E-state index < -0.39 is 0 Å². The minimum absolute atomic E-state index is 0.374. The maximum atomic E-state index is 5.47. The first-order valence-electron chi connectivity index (χ1n) is 5.06. The Hall–Kier alpha value is -0.870. The van der Waals surface area contributed by atoms with Gasteiger partial charge >= 0.3 is 0 Å². The van der Waals surface area contributed by atoms with E-state index in [2.05, 4.69) is 17.2 Å². The zero-order chi connectivity index (χ0) is 9.80. The molecule has 0 bridgehead atoms. The van der Waals surface area contributed by atoms with Gasteiger partial charge in [-0.15, -0.1) is 0 Å². The number of nitrogens with one attached hydrogen (secondary N) is 1. The highest BCUT2D eigenvalue weighted by Crippen LogP contribution is 2.13. The molecule has 0 amide bonds. The van der Waals surface area contributed by atoms with E-state index in [4.69, 9.17) is 9.15 Å². The first-order chi connectivity index (χ1) is 6.84. The maximum absolute atomic E-state index is 5.47. The molecule has 1 N–H and O–H groups in total. The average molecular weight is 196 g/mol. The van der Waals surface area contributed by atoms with Crippen LogP contribution in [0.25, 0.3) is 0 Å². The molecular weight excluding hydrogens is 180 g/mol. The molecule has 1 aromatic rings. The van der Waals surface area contributed by atoms with Gasteiger partial charge in [0.05, 0.1) is 11.8 Å². The number of oxazole rings is 1. The molecule has 0 saturated carbocycles.